The quantitative estimate of drug-likeness (QED) is 0.670. The minimum atomic E-state index is 0. The Kier molecular flexibility index (Phi) is 5.80. The molecule has 1 aliphatic rings. The van der Waals surface area contributed by atoms with Gasteiger partial charge in [0, 0.05) is 32.7 Å². The van der Waals surface area contributed by atoms with Crippen molar-refractivity contribution in [3.8, 4) is 0 Å². The number of Topliss-reactive ketones (excluding diaryl/α,β-unsaturated/α-hetero) is 1. The van der Waals surface area contributed by atoms with Crippen molar-refractivity contribution < 1.29 is 37.5 Å². The van der Waals surface area contributed by atoms with Crippen molar-refractivity contribution in [3.05, 3.63) is 30.2 Å². The largest absolute Gasteiger partial charge is 0.335 e. The van der Waals surface area contributed by atoms with E-state index in [4.69, 9.17) is 0 Å². The Morgan fingerprint density at radius 3 is 2.91 bits per heavy atom. The Bertz CT molecular complexity index is 192. The second-order valence-corrected chi connectivity index (χ2v) is 2.48. The maximum Gasteiger partial charge on any atom is 0 e. The van der Waals surface area contributed by atoms with Crippen molar-refractivity contribution in [1.29, 1.82) is 0 Å². The molecule has 0 saturated heterocycles. The van der Waals surface area contributed by atoms with Gasteiger partial charge in [-0.3, -0.25) is 0 Å². The fraction of sp³-hybridized carbons (Fsp3) is 0.333. The molecular formula is C9H11OY-. The zero-order chi connectivity index (χ0) is 7.40. The van der Waals surface area contributed by atoms with E-state index in [0.29, 0.717) is 0 Å². The molecule has 1 radical (unpaired) electrons. The smallest absolute Gasteiger partial charge is 0 e. The van der Waals surface area contributed by atoms with Gasteiger partial charge in [-0.1, -0.05) is 23.8 Å². The van der Waals surface area contributed by atoms with Crippen LogP contribution in [0.5, 0.6) is 0 Å². The first kappa shape index (κ1) is 11.1. The van der Waals surface area contributed by atoms with Crippen LogP contribution in [0, 0.1) is 6.42 Å². The van der Waals surface area contributed by atoms with E-state index >= 15 is 0 Å². The summed E-state index contributed by atoms with van der Waals surface area (Å²) >= 11 is 0. The third kappa shape index (κ3) is 4.55. The summed E-state index contributed by atoms with van der Waals surface area (Å²) < 4.78 is 0. The van der Waals surface area contributed by atoms with Crippen LogP contribution in [0.15, 0.2) is 23.8 Å². The van der Waals surface area contributed by atoms with Gasteiger partial charge >= 0.3 is 0 Å². The van der Waals surface area contributed by atoms with Gasteiger partial charge in [0.1, 0.15) is 0 Å². The standard InChI is InChI=1S/C9H11O.Y/c1-8(10)6-7-9-4-2-3-5-9;/h2-4,6H,5,7H2,1H3;/q-1;. The van der Waals surface area contributed by atoms with Gasteiger partial charge in [0.15, 0.2) is 0 Å². The van der Waals surface area contributed by atoms with Gasteiger partial charge in [-0.25, -0.2) is 0 Å². The maximum absolute atomic E-state index is 10.5. The average molecular weight is 224 g/mol. The SMILES string of the molecule is CC(=O)[CH-]CC1=CC=CC1.[Y]. The third-order valence-electron chi connectivity index (χ3n) is 1.50. The zero-order valence-electron chi connectivity index (χ0n) is 6.71. The molecule has 0 fully saturated rings. The molecule has 11 heavy (non-hydrogen) atoms. The van der Waals surface area contributed by atoms with Crippen molar-refractivity contribution >= 4 is 5.78 Å². The molecule has 0 aromatic carbocycles. The van der Waals surface area contributed by atoms with Crippen molar-refractivity contribution in [1.82, 2.24) is 0 Å². The molecule has 57 valence electrons. The van der Waals surface area contributed by atoms with E-state index < -0.39 is 0 Å². The summed E-state index contributed by atoms with van der Waals surface area (Å²) in [6.45, 7) is 1.59. The molecule has 2 heteroatoms. The number of carbonyl (C=O) groups is 1. The molecule has 0 N–H and O–H groups in total. The summed E-state index contributed by atoms with van der Waals surface area (Å²) in [6, 6.07) is 0. The Labute approximate surface area is 92.8 Å². The van der Waals surface area contributed by atoms with E-state index in [-0.39, 0.29) is 38.5 Å². The summed E-state index contributed by atoms with van der Waals surface area (Å²) in [6.07, 6.45) is 9.76. The average Bonchev–Trinajstić information content (AvgIpc) is 2.34. The summed E-state index contributed by atoms with van der Waals surface area (Å²) in [7, 11) is 0. The van der Waals surface area contributed by atoms with E-state index in [0.717, 1.165) is 12.8 Å². The van der Waals surface area contributed by atoms with E-state index in [1.54, 1.807) is 13.3 Å². The molecule has 0 spiro atoms. The number of rotatable bonds is 3. The van der Waals surface area contributed by atoms with Crippen molar-refractivity contribution in [2.75, 3.05) is 0 Å². The molecule has 1 rings (SSSR count). The van der Waals surface area contributed by atoms with Crippen molar-refractivity contribution in [2.45, 2.75) is 19.8 Å². The Morgan fingerprint density at radius 1 is 1.73 bits per heavy atom. The number of allylic oxidation sites excluding steroid dienone is 4. The van der Waals surface area contributed by atoms with Crippen LogP contribution < -0.4 is 0 Å². The first-order chi connectivity index (χ1) is 4.79. The molecule has 0 saturated carbocycles. The zero-order valence-corrected chi connectivity index (χ0v) is 9.55. The van der Waals surface area contributed by atoms with Crippen molar-refractivity contribution in [2.24, 2.45) is 0 Å². The molecule has 1 nitrogen and oxygen atoms in total. The second kappa shape index (κ2) is 5.73. The minimum Gasteiger partial charge on any atom is -0.335 e. The van der Waals surface area contributed by atoms with E-state index in [2.05, 4.69) is 12.2 Å². The van der Waals surface area contributed by atoms with Gasteiger partial charge in [-0.2, -0.15) is 0 Å². The topological polar surface area (TPSA) is 17.1 Å². The fourth-order valence-electron chi connectivity index (χ4n) is 0.918. The maximum atomic E-state index is 10.5. The number of hydrogen-bond donors (Lipinski definition) is 0. The van der Waals surface area contributed by atoms with Gasteiger partial charge in [-0.05, 0) is 19.1 Å². The van der Waals surface area contributed by atoms with Crippen LogP contribution in [-0.2, 0) is 37.5 Å². The first-order valence-electron chi connectivity index (χ1n) is 3.47. The van der Waals surface area contributed by atoms with Crippen LogP contribution in [0.1, 0.15) is 19.8 Å². The van der Waals surface area contributed by atoms with Crippen LogP contribution >= 0.6 is 0 Å². The molecule has 1 aliphatic carbocycles. The van der Waals surface area contributed by atoms with E-state index in [1.807, 2.05) is 6.08 Å². The van der Waals surface area contributed by atoms with Crippen LogP contribution in [0.4, 0.5) is 0 Å². The summed E-state index contributed by atoms with van der Waals surface area (Å²) in [4.78, 5) is 10.5. The Balaban J connectivity index is 0.000001000. The van der Waals surface area contributed by atoms with Gasteiger partial charge in [0.2, 0.25) is 0 Å². The van der Waals surface area contributed by atoms with E-state index in [9.17, 15) is 4.79 Å². The monoisotopic (exact) mass is 224 g/mol. The van der Waals surface area contributed by atoms with Gasteiger partial charge in [-0.15, -0.1) is 6.42 Å². The number of carbonyl (C=O) groups excluding carboxylic acids is 1. The molecule has 0 heterocycles. The van der Waals surface area contributed by atoms with E-state index in [1.165, 1.54) is 5.57 Å². The van der Waals surface area contributed by atoms with Crippen molar-refractivity contribution in [3.63, 3.8) is 0 Å². The fourth-order valence-corrected chi connectivity index (χ4v) is 0.918. The third-order valence-corrected chi connectivity index (χ3v) is 1.50. The normalized spacial score (nSPS) is 13.7. The molecule has 0 bridgehead atoms. The number of ketones is 1. The molecule has 0 aromatic heterocycles. The molecule has 0 unspecified atom stereocenters. The summed E-state index contributed by atoms with van der Waals surface area (Å²) in [5, 5.41) is 0. The first-order valence-corrected chi connectivity index (χ1v) is 3.47. The Hall–Kier alpha value is 0.124. The molecule has 0 aliphatic heterocycles. The predicted octanol–water partition coefficient (Wildman–Crippen LogP) is 2.05. The summed E-state index contributed by atoms with van der Waals surface area (Å²) in [5.41, 5.74) is 1.33. The molecule has 0 atom stereocenters. The molecule has 0 aromatic rings. The van der Waals surface area contributed by atoms with Gasteiger partial charge in [0.05, 0.1) is 0 Å². The Morgan fingerprint density at radius 2 is 2.45 bits per heavy atom. The second-order valence-electron chi connectivity index (χ2n) is 2.48. The van der Waals surface area contributed by atoms with Crippen LogP contribution in [-0.4, -0.2) is 5.78 Å². The van der Waals surface area contributed by atoms with Gasteiger partial charge in [0.25, 0.3) is 0 Å². The molecular weight excluding hydrogens is 213 g/mol. The van der Waals surface area contributed by atoms with Crippen LogP contribution in [0.2, 0.25) is 0 Å². The molecule has 0 amide bonds. The predicted molar refractivity (Wildman–Crippen MR) is 41.4 cm³/mol. The van der Waals surface area contributed by atoms with Gasteiger partial charge < -0.3 is 11.2 Å². The van der Waals surface area contributed by atoms with Crippen LogP contribution in [0.25, 0.3) is 0 Å². The number of hydrogen-bond acceptors (Lipinski definition) is 1. The van der Waals surface area contributed by atoms with Crippen LogP contribution in [0.3, 0.4) is 0 Å². The summed E-state index contributed by atoms with van der Waals surface area (Å²) in [5.74, 6) is 0.160. The minimum absolute atomic E-state index is 0.